The fraction of sp³-hybridized carbons (Fsp3) is 0.212. The van der Waals surface area contributed by atoms with Crippen molar-refractivity contribution in [3.8, 4) is 17.1 Å². The van der Waals surface area contributed by atoms with Crippen molar-refractivity contribution in [3.63, 3.8) is 0 Å². The van der Waals surface area contributed by atoms with Crippen LogP contribution in [0.3, 0.4) is 0 Å². The van der Waals surface area contributed by atoms with Gasteiger partial charge in [-0.2, -0.15) is 0 Å². The molecule has 1 saturated heterocycles. The fourth-order valence-electron chi connectivity index (χ4n) is 5.07. The molecule has 0 saturated carbocycles. The van der Waals surface area contributed by atoms with Crippen LogP contribution in [0.15, 0.2) is 66.9 Å². The third-order valence-electron chi connectivity index (χ3n) is 7.61. The number of aromatic nitrogens is 4. The van der Waals surface area contributed by atoms with Crippen molar-refractivity contribution in [2.45, 2.75) is 32.1 Å². The summed E-state index contributed by atoms with van der Waals surface area (Å²) in [5, 5.41) is 11.8. The van der Waals surface area contributed by atoms with Gasteiger partial charge < -0.3 is 30.2 Å². The molecule has 5 aromatic rings. The number of hydrogen-bond acceptors (Lipinski definition) is 8. The first-order chi connectivity index (χ1) is 22.6. The first kappa shape index (κ1) is 31.2. The van der Waals surface area contributed by atoms with Gasteiger partial charge in [-0.3, -0.25) is 14.6 Å². The Hall–Kier alpha value is -5.76. The van der Waals surface area contributed by atoms with Crippen molar-refractivity contribution in [3.05, 3.63) is 107 Å². The SMILES string of the molecule is NC(=O)CNC(=O)c1ccc(COc2cccc(-c3cc(F)c(Cc4nc5ccc(C(=O)O)cc5n4CC4CCO4)cc3F)n2)cn1. The lowest BCUT2D eigenvalue weighted by Crippen LogP contribution is -2.33. The number of carboxylic acid groups (broad SMARTS) is 1. The third-order valence-corrected chi connectivity index (χ3v) is 7.61. The summed E-state index contributed by atoms with van der Waals surface area (Å²) in [7, 11) is 0. The highest BCUT2D eigenvalue weighted by Gasteiger charge is 2.24. The molecule has 12 nitrogen and oxygen atoms in total. The van der Waals surface area contributed by atoms with Crippen LogP contribution in [0, 0.1) is 11.6 Å². The van der Waals surface area contributed by atoms with E-state index in [1.807, 2.05) is 0 Å². The lowest BCUT2D eigenvalue weighted by atomic mass is 10.0. The van der Waals surface area contributed by atoms with Crippen LogP contribution in [0.5, 0.6) is 5.88 Å². The summed E-state index contributed by atoms with van der Waals surface area (Å²) in [6.07, 6.45) is 2.13. The minimum absolute atomic E-state index is 0.0310. The van der Waals surface area contributed by atoms with Gasteiger partial charge in [-0.15, -0.1) is 0 Å². The van der Waals surface area contributed by atoms with Crippen LogP contribution < -0.4 is 15.8 Å². The Morgan fingerprint density at radius 1 is 1.06 bits per heavy atom. The minimum Gasteiger partial charge on any atom is -0.478 e. The summed E-state index contributed by atoms with van der Waals surface area (Å²) in [6.45, 7) is 0.750. The van der Waals surface area contributed by atoms with Gasteiger partial charge in [0.05, 0.1) is 41.5 Å². The van der Waals surface area contributed by atoms with E-state index in [0.717, 1.165) is 18.6 Å². The second kappa shape index (κ2) is 13.3. The number of nitrogens with one attached hydrogen (secondary N) is 1. The highest BCUT2D eigenvalue weighted by atomic mass is 19.1. The third kappa shape index (κ3) is 7.07. The number of primary amides is 1. The van der Waals surface area contributed by atoms with E-state index >= 15 is 8.78 Å². The predicted molar refractivity (Wildman–Crippen MR) is 164 cm³/mol. The number of ether oxygens (including phenoxy) is 2. The number of rotatable bonds is 12. The summed E-state index contributed by atoms with van der Waals surface area (Å²) >= 11 is 0. The molecule has 47 heavy (non-hydrogen) atoms. The molecule has 1 aliphatic heterocycles. The average Bonchev–Trinajstić information content (AvgIpc) is 3.38. The van der Waals surface area contributed by atoms with Crippen LogP contribution in [0.1, 0.15) is 44.2 Å². The number of halogens is 2. The Balaban J connectivity index is 1.18. The first-order valence-corrected chi connectivity index (χ1v) is 14.6. The molecular formula is C33H28F2N6O6. The number of imidazole rings is 1. The number of carbonyl (C=O) groups excluding carboxylic acids is 2. The summed E-state index contributed by atoms with van der Waals surface area (Å²) in [6, 6.07) is 14.5. The highest BCUT2D eigenvalue weighted by molar-refractivity contribution is 5.94. The van der Waals surface area contributed by atoms with Crippen molar-refractivity contribution in [2.75, 3.05) is 13.2 Å². The largest absolute Gasteiger partial charge is 0.478 e. The molecule has 2 aromatic carbocycles. The molecule has 2 amide bonds. The molecule has 0 spiro atoms. The Bertz CT molecular complexity index is 1990. The zero-order valence-electron chi connectivity index (χ0n) is 24.8. The van der Waals surface area contributed by atoms with Crippen LogP contribution >= 0.6 is 0 Å². The lowest BCUT2D eigenvalue weighted by molar-refractivity contribution is -0.117. The van der Waals surface area contributed by atoms with Crippen molar-refractivity contribution in [2.24, 2.45) is 5.73 Å². The monoisotopic (exact) mass is 642 g/mol. The van der Waals surface area contributed by atoms with E-state index in [9.17, 15) is 19.5 Å². The maximum atomic E-state index is 15.5. The van der Waals surface area contributed by atoms with Crippen LogP contribution in [-0.4, -0.2) is 61.7 Å². The molecule has 14 heteroatoms. The first-order valence-electron chi connectivity index (χ1n) is 14.6. The molecule has 0 aliphatic carbocycles. The number of hydrogen-bond donors (Lipinski definition) is 3. The van der Waals surface area contributed by atoms with Gasteiger partial charge in [0, 0.05) is 36.4 Å². The second-order valence-corrected chi connectivity index (χ2v) is 10.9. The molecule has 6 rings (SSSR count). The van der Waals surface area contributed by atoms with Gasteiger partial charge in [-0.05, 0) is 54.4 Å². The standard InChI is InChI=1S/C33H28F2N6O6/c34-23-13-22(25-2-1-3-31(40-25)47-17-18-4-6-27(37-14-18)32(43)38-15-29(36)42)24(35)10-20(23)12-30-39-26-7-5-19(33(44)45)11-28(26)41(30)16-21-8-9-46-21/h1-7,10-11,13-14,21H,8-9,12,15-17H2,(H2,36,42)(H,38,43)(H,44,45). The quantitative estimate of drug-likeness (QED) is 0.184. The molecule has 4 heterocycles. The van der Waals surface area contributed by atoms with Gasteiger partial charge in [-0.25, -0.2) is 23.5 Å². The Labute approximate surface area is 266 Å². The Morgan fingerprint density at radius 2 is 1.89 bits per heavy atom. The zero-order chi connectivity index (χ0) is 33.1. The molecule has 1 atom stereocenters. The number of amides is 2. The van der Waals surface area contributed by atoms with E-state index in [4.69, 9.17) is 15.2 Å². The van der Waals surface area contributed by atoms with Crippen molar-refractivity contribution < 1.29 is 37.7 Å². The molecular weight excluding hydrogens is 614 g/mol. The van der Waals surface area contributed by atoms with E-state index in [1.54, 1.807) is 28.8 Å². The van der Waals surface area contributed by atoms with Crippen molar-refractivity contribution >= 4 is 28.8 Å². The number of carboxylic acids is 1. The summed E-state index contributed by atoms with van der Waals surface area (Å²) in [5.41, 5.74) is 7.10. The number of nitrogens with zero attached hydrogens (tertiary/aromatic N) is 4. The molecule has 1 fully saturated rings. The number of nitrogens with two attached hydrogens (primary N) is 1. The molecule has 1 aliphatic rings. The number of pyridine rings is 2. The van der Waals surface area contributed by atoms with Gasteiger partial charge in [0.2, 0.25) is 11.8 Å². The fourth-order valence-corrected chi connectivity index (χ4v) is 5.07. The lowest BCUT2D eigenvalue weighted by Gasteiger charge is -2.27. The van der Waals surface area contributed by atoms with Crippen LogP contribution in [-0.2, 0) is 29.1 Å². The number of carbonyl (C=O) groups is 3. The van der Waals surface area contributed by atoms with E-state index in [2.05, 4.69) is 20.3 Å². The molecule has 3 aromatic heterocycles. The molecule has 0 bridgehead atoms. The highest BCUT2D eigenvalue weighted by Crippen LogP contribution is 2.29. The number of benzene rings is 2. The topological polar surface area (TPSA) is 172 Å². The minimum atomic E-state index is -1.08. The molecule has 1 unspecified atom stereocenters. The molecule has 4 N–H and O–H groups in total. The Morgan fingerprint density at radius 3 is 2.60 bits per heavy atom. The summed E-state index contributed by atoms with van der Waals surface area (Å²) in [4.78, 5) is 47.4. The molecule has 0 radical (unpaired) electrons. The number of aromatic carboxylic acids is 1. The second-order valence-electron chi connectivity index (χ2n) is 10.9. The van der Waals surface area contributed by atoms with E-state index in [1.165, 1.54) is 30.5 Å². The average molecular weight is 643 g/mol. The van der Waals surface area contributed by atoms with E-state index in [-0.39, 0.29) is 59.6 Å². The normalized spacial score (nSPS) is 14.0. The maximum absolute atomic E-state index is 15.5. The van der Waals surface area contributed by atoms with Crippen molar-refractivity contribution in [1.82, 2.24) is 24.8 Å². The van der Waals surface area contributed by atoms with Crippen molar-refractivity contribution in [1.29, 1.82) is 0 Å². The van der Waals surface area contributed by atoms with Crippen LogP contribution in [0.25, 0.3) is 22.3 Å². The molecule has 240 valence electrons. The number of fused-ring (bicyclic) bond motifs is 1. The summed E-state index contributed by atoms with van der Waals surface area (Å²) < 4.78 is 44.1. The van der Waals surface area contributed by atoms with Gasteiger partial charge in [-0.1, -0.05) is 12.1 Å². The zero-order valence-corrected chi connectivity index (χ0v) is 24.8. The van der Waals surface area contributed by atoms with Gasteiger partial charge >= 0.3 is 5.97 Å². The van der Waals surface area contributed by atoms with Gasteiger partial charge in [0.25, 0.3) is 5.91 Å². The maximum Gasteiger partial charge on any atom is 0.335 e. The van der Waals surface area contributed by atoms with E-state index in [0.29, 0.717) is 35.6 Å². The van der Waals surface area contributed by atoms with Gasteiger partial charge in [0.15, 0.2) is 0 Å². The smallest absolute Gasteiger partial charge is 0.335 e. The predicted octanol–water partition coefficient (Wildman–Crippen LogP) is 3.64. The Kier molecular flexibility index (Phi) is 8.84. The van der Waals surface area contributed by atoms with Gasteiger partial charge in [0.1, 0.15) is 29.8 Å². The van der Waals surface area contributed by atoms with Crippen LogP contribution in [0.4, 0.5) is 8.78 Å². The summed E-state index contributed by atoms with van der Waals surface area (Å²) in [5.74, 6) is -3.06. The van der Waals surface area contributed by atoms with Crippen LogP contribution in [0.2, 0.25) is 0 Å². The van der Waals surface area contributed by atoms with E-state index < -0.39 is 29.4 Å².